The fraction of sp³-hybridized carbons (Fsp3) is 0.600. The smallest absolute Gasteiger partial charge is 0.241 e. The number of imidazole rings is 1. The van der Waals surface area contributed by atoms with E-state index in [0.717, 1.165) is 31.2 Å². The Hall–Kier alpha value is -1.90. The minimum Gasteiger partial charge on any atom is -0.341 e. The first-order chi connectivity index (χ1) is 16.2. The molecule has 2 heterocycles. The highest BCUT2D eigenvalue weighted by Gasteiger charge is 2.43. The lowest BCUT2D eigenvalue weighted by atomic mass is 9.63. The molecule has 1 unspecified atom stereocenters. The van der Waals surface area contributed by atoms with Crippen LogP contribution in [-0.4, -0.2) is 54.2 Å². The molecule has 1 aromatic heterocycles. The van der Waals surface area contributed by atoms with Crippen molar-refractivity contribution in [1.82, 2.24) is 19.2 Å². The number of aromatic nitrogens is 2. The Labute approximate surface area is 207 Å². The van der Waals surface area contributed by atoms with Crippen LogP contribution in [-0.2, 0) is 27.8 Å². The molecule has 1 saturated carbocycles. The highest BCUT2D eigenvalue weighted by atomic mass is 35.5. The third kappa shape index (κ3) is 6.40. The zero-order valence-electron chi connectivity index (χ0n) is 19.8. The largest absolute Gasteiger partial charge is 0.341 e. The maximum Gasteiger partial charge on any atom is 0.241 e. The van der Waals surface area contributed by atoms with Crippen LogP contribution in [0.25, 0.3) is 0 Å². The van der Waals surface area contributed by atoms with Gasteiger partial charge in [0.2, 0.25) is 15.9 Å². The molecule has 1 aliphatic carbocycles. The number of carbonyl (C=O) groups excluding carboxylic acids is 1. The molecule has 4 rings (SSSR count). The van der Waals surface area contributed by atoms with Crippen molar-refractivity contribution in [2.45, 2.75) is 64.0 Å². The van der Waals surface area contributed by atoms with Gasteiger partial charge in [0.05, 0.1) is 12.6 Å². The number of hydrogen-bond donors (Lipinski definition) is 1. The number of halogens is 1. The SMILES string of the molecule is CS(=O)(=O)NC(Cc1ccc(Cl)cc1)C(=O)N1CCC(Cn2ccnc2)(C2CCCCC2)CC1. The number of benzene rings is 1. The Morgan fingerprint density at radius 1 is 1.18 bits per heavy atom. The number of piperidine rings is 1. The average molecular weight is 507 g/mol. The zero-order valence-corrected chi connectivity index (χ0v) is 21.4. The molecule has 2 aromatic rings. The van der Waals surface area contributed by atoms with E-state index in [1.807, 2.05) is 35.8 Å². The van der Waals surface area contributed by atoms with E-state index in [1.54, 1.807) is 12.1 Å². The number of amides is 1. The predicted molar refractivity (Wildman–Crippen MR) is 134 cm³/mol. The number of hydrogen-bond acceptors (Lipinski definition) is 4. The van der Waals surface area contributed by atoms with Gasteiger partial charge in [-0.05, 0) is 61.1 Å². The summed E-state index contributed by atoms with van der Waals surface area (Å²) < 4.78 is 28.9. The lowest BCUT2D eigenvalue weighted by Crippen LogP contribution is -2.54. The molecule has 1 aliphatic heterocycles. The van der Waals surface area contributed by atoms with Gasteiger partial charge in [-0.2, -0.15) is 0 Å². The topological polar surface area (TPSA) is 84.3 Å². The molecule has 7 nitrogen and oxygen atoms in total. The monoisotopic (exact) mass is 506 g/mol. The molecule has 1 aromatic carbocycles. The van der Waals surface area contributed by atoms with Crippen molar-refractivity contribution in [3.63, 3.8) is 0 Å². The van der Waals surface area contributed by atoms with Gasteiger partial charge < -0.3 is 9.47 Å². The number of rotatable bonds is 8. The summed E-state index contributed by atoms with van der Waals surface area (Å²) in [4.78, 5) is 19.6. The summed E-state index contributed by atoms with van der Waals surface area (Å²) in [5.41, 5.74) is 1.01. The molecule has 34 heavy (non-hydrogen) atoms. The molecule has 1 amide bonds. The van der Waals surface area contributed by atoms with Gasteiger partial charge in [-0.3, -0.25) is 4.79 Å². The molecule has 1 atom stereocenters. The lowest BCUT2D eigenvalue weighted by Gasteiger charge is -2.48. The van der Waals surface area contributed by atoms with E-state index in [9.17, 15) is 13.2 Å². The predicted octanol–water partition coefficient (Wildman–Crippen LogP) is 3.89. The van der Waals surface area contributed by atoms with Crippen LogP contribution in [0.2, 0.25) is 5.02 Å². The standard InChI is InChI=1S/C25H35ClN4O3S/c1-34(32,33)28-23(17-20-7-9-22(26)10-8-20)24(31)30-14-11-25(12-15-30,18-29-16-13-27-19-29)21-5-3-2-4-6-21/h7-10,13,16,19,21,23,28H,2-6,11-12,14-15,17-18H2,1H3. The van der Waals surface area contributed by atoms with Crippen molar-refractivity contribution in [1.29, 1.82) is 0 Å². The van der Waals surface area contributed by atoms with E-state index in [-0.39, 0.29) is 11.3 Å². The zero-order chi connectivity index (χ0) is 24.2. The second-order valence-corrected chi connectivity index (χ2v) is 12.2. The van der Waals surface area contributed by atoms with Crippen LogP contribution in [0.4, 0.5) is 0 Å². The first kappa shape index (κ1) is 25.2. The molecule has 1 saturated heterocycles. The fourth-order valence-corrected chi connectivity index (χ4v) is 6.67. The van der Waals surface area contributed by atoms with Crippen LogP contribution in [0.1, 0.15) is 50.5 Å². The summed E-state index contributed by atoms with van der Waals surface area (Å²) in [7, 11) is -3.54. The summed E-state index contributed by atoms with van der Waals surface area (Å²) in [6.07, 6.45) is 15.4. The highest BCUT2D eigenvalue weighted by Crippen LogP contribution is 2.47. The van der Waals surface area contributed by atoms with Crippen LogP contribution >= 0.6 is 11.6 Å². The van der Waals surface area contributed by atoms with Crippen molar-refractivity contribution < 1.29 is 13.2 Å². The van der Waals surface area contributed by atoms with Gasteiger partial charge in [0.1, 0.15) is 6.04 Å². The summed E-state index contributed by atoms with van der Waals surface area (Å²) >= 11 is 5.99. The number of nitrogens with one attached hydrogen (secondary N) is 1. The maximum atomic E-state index is 13.5. The molecule has 186 valence electrons. The molecule has 0 spiro atoms. The van der Waals surface area contributed by atoms with Gasteiger partial charge in [0.15, 0.2) is 0 Å². The van der Waals surface area contributed by atoms with Crippen molar-refractivity contribution in [2.75, 3.05) is 19.3 Å². The van der Waals surface area contributed by atoms with Crippen LogP contribution in [0, 0.1) is 11.3 Å². The first-order valence-corrected chi connectivity index (χ1v) is 14.5. The van der Waals surface area contributed by atoms with Crippen molar-refractivity contribution >= 4 is 27.5 Å². The van der Waals surface area contributed by atoms with E-state index in [0.29, 0.717) is 30.5 Å². The van der Waals surface area contributed by atoms with Gasteiger partial charge in [-0.1, -0.05) is 43.0 Å². The average Bonchev–Trinajstić information content (AvgIpc) is 3.33. The summed E-state index contributed by atoms with van der Waals surface area (Å²) in [6.45, 7) is 2.22. The van der Waals surface area contributed by atoms with E-state index >= 15 is 0 Å². The molecule has 2 aliphatic rings. The number of nitrogens with zero attached hydrogens (tertiary/aromatic N) is 3. The van der Waals surface area contributed by atoms with Crippen LogP contribution in [0.3, 0.4) is 0 Å². The molecule has 1 N–H and O–H groups in total. The van der Waals surface area contributed by atoms with E-state index in [4.69, 9.17) is 11.6 Å². The Morgan fingerprint density at radius 2 is 1.85 bits per heavy atom. The minimum absolute atomic E-state index is 0.147. The van der Waals surface area contributed by atoms with Gasteiger partial charge in [0.25, 0.3) is 0 Å². The van der Waals surface area contributed by atoms with Crippen molar-refractivity contribution in [3.05, 3.63) is 53.6 Å². The summed E-state index contributed by atoms with van der Waals surface area (Å²) in [5.74, 6) is 0.500. The summed E-state index contributed by atoms with van der Waals surface area (Å²) in [6, 6.07) is 6.36. The highest BCUT2D eigenvalue weighted by molar-refractivity contribution is 7.88. The number of likely N-dealkylation sites (tertiary alicyclic amines) is 1. The number of carbonyl (C=O) groups is 1. The second-order valence-electron chi connectivity index (χ2n) is 10.0. The first-order valence-electron chi connectivity index (χ1n) is 12.2. The molecular formula is C25H35ClN4O3S. The van der Waals surface area contributed by atoms with Crippen molar-refractivity contribution in [3.8, 4) is 0 Å². The molecule has 0 bridgehead atoms. The quantitative estimate of drug-likeness (QED) is 0.588. The van der Waals surface area contributed by atoms with Crippen LogP contribution in [0.15, 0.2) is 43.0 Å². The van der Waals surface area contributed by atoms with Gasteiger partial charge in [-0.25, -0.2) is 18.1 Å². The lowest BCUT2D eigenvalue weighted by molar-refractivity contribution is -0.136. The Bertz CT molecular complexity index is 1040. The van der Waals surface area contributed by atoms with E-state index in [1.165, 1.54) is 32.1 Å². The van der Waals surface area contributed by atoms with Gasteiger partial charge >= 0.3 is 0 Å². The Morgan fingerprint density at radius 3 is 2.44 bits per heavy atom. The molecular weight excluding hydrogens is 472 g/mol. The van der Waals surface area contributed by atoms with Gasteiger partial charge in [-0.15, -0.1) is 0 Å². The molecule has 9 heteroatoms. The minimum atomic E-state index is -3.54. The Kier molecular flexibility index (Phi) is 8.00. The summed E-state index contributed by atoms with van der Waals surface area (Å²) in [5, 5.41) is 0.607. The van der Waals surface area contributed by atoms with E-state index < -0.39 is 16.1 Å². The normalized spacial score (nSPS) is 20.2. The van der Waals surface area contributed by atoms with Crippen molar-refractivity contribution in [2.24, 2.45) is 11.3 Å². The Balaban J connectivity index is 1.48. The molecule has 2 fully saturated rings. The molecule has 0 radical (unpaired) electrons. The van der Waals surface area contributed by atoms with E-state index in [2.05, 4.69) is 14.3 Å². The fourth-order valence-electron chi connectivity index (χ4n) is 5.84. The number of sulfonamides is 1. The van der Waals surface area contributed by atoms with Gasteiger partial charge in [0, 0.05) is 37.1 Å². The second kappa shape index (κ2) is 10.8. The third-order valence-electron chi connectivity index (χ3n) is 7.61. The van der Waals surface area contributed by atoms with Crippen LogP contribution < -0.4 is 4.72 Å². The van der Waals surface area contributed by atoms with Crippen LogP contribution in [0.5, 0.6) is 0 Å². The maximum absolute atomic E-state index is 13.5. The third-order valence-corrected chi connectivity index (χ3v) is 8.57.